The Hall–Kier alpha value is -1.38. The molecule has 0 amide bonds. The number of aryl methyl sites for hydroxylation is 1. The molecule has 0 spiro atoms. The molecule has 2 rings (SSSR count). The minimum atomic E-state index is -0.465. The Kier molecular flexibility index (Phi) is 5.16. The van der Waals surface area contributed by atoms with Gasteiger partial charge in [0, 0.05) is 10.6 Å². The van der Waals surface area contributed by atoms with Gasteiger partial charge in [-0.25, -0.2) is 4.39 Å². The largest absolute Gasteiger partial charge is 0.320 e. The molecule has 0 saturated heterocycles. The highest BCUT2D eigenvalue weighted by atomic mass is 35.5. The van der Waals surface area contributed by atoms with Crippen molar-refractivity contribution in [3.63, 3.8) is 0 Å². The van der Waals surface area contributed by atoms with Crippen LogP contribution in [0.5, 0.6) is 0 Å². The van der Waals surface area contributed by atoms with E-state index >= 15 is 0 Å². The zero-order chi connectivity index (χ0) is 14.5. The lowest BCUT2D eigenvalue weighted by Gasteiger charge is -2.14. The number of halogens is 2. The van der Waals surface area contributed by atoms with Gasteiger partial charge in [0.05, 0.1) is 6.04 Å². The summed E-state index contributed by atoms with van der Waals surface area (Å²) in [6, 6.07) is 12.2. The van der Waals surface area contributed by atoms with Crippen molar-refractivity contribution in [2.45, 2.75) is 32.2 Å². The van der Waals surface area contributed by atoms with Gasteiger partial charge in [0.15, 0.2) is 0 Å². The van der Waals surface area contributed by atoms with E-state index in [1.807, 2.05) is 12.1 Å². The van der Waals surface area contributed by atoms with Crippen LogP contribution in [0.4, 0.5) is 4.39 Å². The zero-order valence-corrected chi connectivity index (χ0v) is 12.3. The number of rotatable bonds is 5. The van der Waals surface area contributed by atoms with Crippen molar-refractivity contribution >= 4 is 11.6 Å². The van der Waals surface area contributed by atoms with Crippen LogP contribution in [0.2, 0.25) is 5.02 Å². The van der Waals surface area contributed by atoms with Crippen LogP contribution in [0, 0.1) is 5.82 Å². The van der Waals surface area contributed by atoms with E-state index in [1.54, 1.807) is 12.1 Å². The summed E-state index contributed by atoms with van der Waals surface area (Å²) in [5.41, 5.74) is 8.80. The maximum Gasteiger partial charge on any atom is 0.129 e. The molecule has 1 nitrogen and oxygen atoms in total. The molecule has 0 heterocycles. The lowest BCUT2D eigenvalue weighted by Crippen LogP contribution is -2.13. The van der Waals surface area contributed by atoms with E-state index in [4.69, 9.17) is 17.3 Å². The lowest BCUT2D eigenvalue weighted by atomic mass is 9.97. The highest BCUT2D eigenvalue weighted by Crippen LogP contribution is 2.25. The van der Waals surface area contributed by atoms with Crippen molar-refractivity contribution in [1.29, 1.82) is 0 Å². The van der Waals surface area contributed by atoms with Crippen LogP contribution in [0.25, 0.3) is 0 Å². The molecule has 2 aromatic carbocycles. The first-order valence-corrected chi connectivity index (χ1v) is 7.29. The molecular formula is C17H19ClFN. The smallest absolute Gasteiger partial charge is 0.129 e. The molecule has 0 bridgehead atoms. The second kappa shape index (κ2) is 6.87. The van der Waals surface area contributed by atoms with Crippen LogP contribution in [0.15, 0.2) is 42.5 Å². The van der Waals surface area contributed by atoms with Crippen molar-refractivity contribution in [2.24, 2.45) is 5.73 Å². The minimum absolute atomic E-state index is 0.361. The molecule has 1 unspecified atom stereocenters. The second-order valence-electron chi connectivity index (χ2n) is 4.99. The number of hydrogen-bond acceptors (Lipinski definition) is 1. The van der Waals surface area contributed by atoms with E-state index < -0.39 is 6.04 Å². The quantitative estimate of drug-likeness (QED) is 0.835. The van der Waals surface area contributed by atoms with E-state index in [2.05, 4.69) is 19.1 Å². The SMILES string of the molecule is CCCCc1ccc(C(N)c2ccc(Cl)cc2F)cc1. The van der Waals surface area contributed by atoms with Gasteiger partial charge in [-0.1, -0.05) is 55.3 Å². The maximum absolute atomic E-state index is 13.9. The average molecular weight is 292 g/mol. The Morgan fingerprint density at radius 1 is 1.15 bits per heavy atom. The van der Waals surface area contributed by atoms with Gasteiger partial charge in [-0.15, -0.1) is 0 Å². The molecule has 3 heteroatoms. The summed E-state index contributed by atoms with van der Waals surface area (Å²) in [6.45, 7) is 2.17. The van der Waals surface area contributed by atoms with Crippen LogP contribution < -0.4 is 5.73 Å². The monoisotopic (exact) mass is 291 g/mol. The highest BCUT2D eigenvalue weighted by Gasteiger charge is 2.13. The predicted molar refractivity (Wildman–Crippen MR) is 82.5 cm³/mol. The van der Waals surface area contributed by atoms with Gasteiger partial charge in [-0.2, -0.15) is 0 Å². The van der Waals surface area contributed by atoms with Crippen molar-refractivity contribution < 1.29 is 4.39 Å². The fourth-order valence-corrected chi connectivity index (χ4v) is 2.36. The predicted octanol–water partition coefficient (Wildman–Crippen LogP) is 4.87. The number of unbranched alkanes of at least 4 members (excludes halogenated alkanes) is 1. The van der Waals surface area contributed by atoms with E-state index in [1.165, 1.54) is 24.5 Å². The summed E-state index contributed by atoms with van der Waals surface area (Å²) in [7, 11) is 0. The van der Waals surface area contributed by atoms with Crippen molar-refractivity contribution in [3.05, 3.63) is 70.0 Å². The van der Waals surface area contributed by atoms with Gasteiger partial charge in [-0.05, 0) is 36.1 Å². The van der Waals surface area contributed by atoms with E-state index in [0.717, 1.165) is 12.0 Å². The Morgan fingerprint density at radius 2 is 1.85 bits per heavy atom. The molecule has 0 fully saturated rings. The summed E-state index contributed by atoms with van der Waals surface area (Å²) in [4.78, 5) is 0. The second-order valence-corrected chi connectivity index (χ2v) is 5.43. The Balaban J connectivity index is 2.18. The zero-order valence-electron chi connectivity index (χ0n) is 11.6. The third-order valence-electron chi connectivity index (χ3n) is 3.46. The summed E-state index contributed by atoms with van der Waals surface area (Å²) in [5, 5.41) is 0.383. The van der Waals surface area contributed by atoms with Gasteiger partial charge >= 0.3 is 0 Å². The summed E-state index contributed by atoms with van der Waals surface area (Å²) >= 11 is 5.76. The first-order chi connectivity index (χ1) is 9.61. The third kappa shape index (κ3) is 3.59. The molecule has 1 atom stereocenters. The van der Waals surface area contributed by atoms with Gasteiger partial charge in [0.2, 0.25) is 0 Å². The van der Waals surface area contributed by atoms with Crippen LogP contribution >= 0.6 is 11.6 Å². The Labute approximate surface area is 124 Å². The Bertz CT molecular complexity index is 566. The third-order valence-corrected chi connectivity index (χ3v) is 3.69. The van der Waals surface area contributed by atoms with Gasteiger partial charge in [0.25, 0.3) is 0 Å². The van der Waals surface area contributed by atoms with Crippen LogP contribution in [-0.4, -0.2) is 0 Å². The molecule has 0 aliphatic carbocycles. The molecule has 0 radical (unpaired) electrons. The average Bonchev–Trinajstić information content (AvgIpc) is 2.45. The molecule has 20 heavy (non-hydrogen) atoms. The van der Waals surface area contributed by atoms with Gasteiger partial charge in [0.1, 0.15) is 5.82 Å². The fraction of sp³-hybridized carbons (Fsp3) is 0.294. The van der Waals surface area contributed by atoms with Crippen LogP contribution in [0.3, 0.4) is 0 Å². The van der Waals surface area contributed by atoms with Gasteiger partial charge in [-0.3, -0.25) is 0 Å². The standard InChI is InChI=1S/C17H19ClFN/c1-2-3-4-12-5-7-13(8-6-12)17(20)15-10-9-14(18)11-16(15)19/h5-11,17H,2-4,20H2,1H3. The maximum atomic E-state index is 13.9. The van der Waals surface area contributed by atoms with Crippen molar-refractivity contribution in [1.82, 2.24) is 0 Å². The van der Waals surface area contributed by atoms with E-state index in [-0.39, 0.29) is 5.82 Å². The molecular weight excluding hydrogens is 273 g/mol. The summed E-state index contributed by atoms with van der Waals surface area (Å²) < 4.78 is 13.9. The summed E-state index contributed by atoms with van der Waals surface area (Å²) in [5.74, 6) is -0.361. The topological polar surface area (TPSA) is 26.0 Å². The first kappa shape index (κ1) is 15.0. The molecule has 2 N–H and O–H groups in total. The Morgan fingerprint density at radius 3 is 2.45 bits per heavy atom. The molecule has 0 aliphatic rings. The first-order valence-electron chi connectivity index (χ1n) is 6.91. The molecule has 2 aromatic rings. The number of hydrogen-bond donors (Lipinski definition) is 1. The van der Waals surface area contributed by atoms with Crippen LogP contribution in [-0.2, 0) is 6.42 Å². The van der Waals surface area contributed by atoms with Gasteiger partial charge < -0.3 is 5.73 Å². The van der Waals surface area contributed by atoms with E-state index in [0.29, 0.717) is 10.6 Å². The normalized spacial score (nSPS) is 12.4. The fourth-order valence-electron chi connectivity index (χ4n) is 2.21. The number of benzene rings is 2. The molecule has 106 valence electrons. The molecule has 0 aromatic heterocycles. The summed E-state index contributed by atoms with van der Waals surface area (Å²) in [6.07, 6.45) is 3.43. The molecule has 0 aliphatic heterocycles. The van der Waals surface area contributed by atoms with Crippen molar-refractivity contribution in [3.8, 4) is 0 Å². The van der Waals surface area contributed by atoms with E-state index in [9.17, 15) is 4.39 Å². The van der Waals surface area contributed by atoms with Crippen LogP contribution in [0.1, 0.15) is 42.5 Å². The van der Waals surface area contributed by atoms with Crippen molar-refractivity contribution in [2.75, 3.05) is 0 Å². The molecule has 0 saturated carbocycles. The highest BCUT2D eigenvalue weighted by molar-refractivity contribution is 6.30. The number of nitrogens with two attached hydrogens (primary N) is 1. The minimum Gasteiger partial charge on any atom is -0.320 e. The lowest BCUT2D eigenvalue weighted by molar-refractivity contribution is 0.600.